The van der Waals surface area contributed by atoms with E-state index in [9.17, 15) is 13.2 Å². The molecule has 1 aromatic carbocycles. The first-order valence-corrected chi connectivity index (χ1v) is 9.10. The molecule has 0 aromatic heterocycles. The van der Waals surface area contributed by atoms with Crippen LogP contribution in [0.4, 0.5) is 0 Å². The lowest BCUT2D eigenvalue weighted by atomic mass is 9.78. The minimum absolute atomic E-state index is 0.143. The van der Waals surface area contributed by atoms with Crippen LogP contribution in [-0.2, 0) is 14.8 Å². The fourth-order valence-electron chi connectivity index (χ4n) is 4.14. The molecule has 2 saturated carbocycles. The lowest BCUT2D eigenvalue weighted by Crippen LogP contribution is -2.30. The number of nitrogens with one attached hydrogen (secondary N) is 1. The monoisotopic (exact) mass is 307 g/mol. The Hall–Kier alpha value is -1.20. The highest BCUT2D eigenvalue weighted by atomic mass is 32.2. The summed E-state index contributed by atoms with van der Waals surface area (Å²) in [4.78, 5) is 11.5. The third-order valence-corrected chi connectivity index (χ3v) is 6.62. The molecule has 21 heavy (non-hydrogen) atoms. The van der Waals surface area contributed by atoms with Gasteiger partial charge in [-0.3, -0.25) is 0 Å². The molecule has 0 heterocycles. The first kappa shape index (κ1) is 14.7. The van der Waals surface area contributed by atoms with Crippen LogP contribution in [0.5, 0.6) is 0 Å². The van der Waals surface area contributed by atoms with Crippen molar-refractivity contribution in [3.63, 3.8) is 0 Å². The minimum Gasteiger partial charge on any atom is -0.303 e. The third kappa shape index (κ3) is 2.90. The fraction of sp³-hybridized carbons (Fsp3) is 0.562. The second-order valence-electron chi connectivity index (χ2n) is 6.21. The van der Waals surface area contributed by atoms with Gasteiger partial charge in [-0.15, -0.1) is 0 Å². The summed E-state index contributed by atoms with van der Waals surface area (Å²) in [6, 6.07) is 8.41. The molecule has 0 saturated heterocycles. The molecule has 0 spiro atoms. The summed E-state index contributed by atoms with van der Waals surface area (Å²) in [5.41, 5.74) is 0. The van der Waals surface area contributed by atoms with Crippen LogP contribution in [0.1, 0.15) is 25.7 Å². The van der Waals surface area contributed by atoms with E-state index in [1.165, 1.54) is 12.8 Å². The van der Waals surface area contributed by atoms with Crippen molar-refractivity contribution in [3.8, 4) is 0 Å². The Morgan fingerprint density at radius 2 is 1.86 bits per heavy atom. The second-order valence-corrected chi connectivity index (χ2v) is 7.98. The molecule has 2 aliphatic rings. The van der Waals surface area contributed by atoms with Crippen LogP contribution in [0.2, 0.25) is 0 Å². The Labute approximate surface area is 126 Å². The van der Waals surface area contributed by atoms with Crippen LogP contribution in [-0.4, -0.2) is 21.2 Å². The summed E-state index contributed by atoms with van der Waals surface area (Å²) < 4.78 is 26.9. The van der Waals surface area contributed by atoms with Gasteiger partial charge in [0.15, 0.2) is 0 Å². The lowest BCUT2D eigenvalue weighted by molar-refractivity contribution is -0.114. The van der Waals surface area contributed by atoms with Crippen LogP contribution in [0.25, 0.3) is 0 Å². The molecule has 114 valence electrons. The van der Waals surface area contributed by atoms with Gasteiger partial charge in [0, 0.05) is 12.5 Å². The van der Waals surface area contributed by atoms with Crippen LogP contribution in [0.3, 0.4) is 0 Å². The summed E-state index contributed by atoms with van der Waals surface area (Å²) >= 11 is 0. The van der Waals surface area contributed by atoms with Gasteiger partial charge in [0.05, 0.1) is 4.90 Å². The van der Waals surface area contributed by atoms with Gasteiger partial charge < -0.3 is 4.79 Å². The van der Waals surface area contributed by atoms with Crippen LogP contribution in [0.15, 0.2) is 35.2 Å². The molecule has 2 fully saturated rings. The third-order valence-electron chi connectivity index (χ3n) is 5.14. The smallest absolute Gasteiger partial charge is 0.240 e. The Bertz CT molecular complexity index is 599. The molecule has 1 N–H and O–H groups in total. The molecule has 1 aromatic rings. The van der Waals surface area contributed by atoms with E-state index < -0.39 is 10.0 Å². The molecule has 3 rings (SSSR count). The van der Waals surface area contributed by atoms with E-state index in [4.69, 9.17) is 0 Å². The summed E-state index contributed by atoms with van der Waals surface area (Å²) in [6.07, 6.45) is 5.38. The number of sulfonamides is 1. The molecule has 4 unspecified atom stereocenters. The average Bonchev–Trinajstić information content (AvgIpc) is 3.09. The van der Waals surface area contributed by atoms with Gasteiger partial charge >= 0.3 is 0 Å². The van der Waals surface area contributed by atoms with Crippen LogP contribution >= 0.6 is 0 Å². The molecule has 4 atom stereocenters. The molecule has 0 amide bonds. The zero-order chi connectivity index (χ0) is 14.9. The standard InChI is InChI=1S/C16H21NO3S/c18-11-16-13-7-6-12(10-13)15(16)8-9-17-21(19,20)14-4-2-1-3-5-14/h1-5,11-13,15-17H,6-10H2. The van der Waals surface area contributed by atoms with Crippen LogP contribution in [0, 0.1) is 23.7 Å². The summed E-state index contributed by atoms with van der Waals surface area (Å²) in [7, 11) is -3.43. The van der Waals surface area contributed by atoms with Crippen LogP contribution < -0.4 is 4.72 Å². The summed E-state index contributed by atoms with van der Waals surface area (Å²) in [6.45, 7) is 0.412. The number of aldehydes is 1. The molecule has 4 nitrogen and oxygen atoms in total. The van der Waals surface area contributed by atoms with Crippen molar-refractivity contribution in [2.24, 2.45) is 23.7 Å². The minimum atomic E-state index is -3.43. The van der Waals surface area contributed by atoms with E-state index in [0.29, 0.717) is 29.2 Å². The number of hydrogen-bond donors (Lipinski definition) is 1. The first-order valence-electron chi connectivity index (χ1n) is 7.62. The van der Waals surface area contributed by atoms with Gasteiger partial charge in [-0.25, -0.2) is 13.1 Å². The predicted molar refractivity (Wildman–Crippen MR) is 80.1 cm³/mol. The van der Waals surface area contributed by atoms with Gasteiger partial charge in [-0.05, 0) is 55.6 Å². The Balaban J connectivity index is 1.58. The normalized spacial score (nSPS) is 31.4. The van der Waals surface area contributed by atoms with E-state index >= 15 is 0 Å². The van der Waals surface area contributed by atoms with Gasteiger partial charge in [0.1, 0.15) is 6.29 Å². The van der Waals surface area contributed by atoms with Gasteiger partial charge in [-0.1, -0.05) is 18.2 Å². The van der Waals surface area contributed by atoms with E-state index in [0.717, 1.165) is 19.1 Å². The largest absolute Gasteiger partial charge is 0.303 e. The van der Waals surface area contributed by atoms with Gasteiger partial charge in [-0.2, -0.15) is 0 Å². The molecule has 2 bridgehead atoms. The molecule has 0 radical (unpaired) electrons. The maximum Gasteiger partial charge on any atom is 0.240 e. The number of benzene rings is 1. The topological polar surface area (TPSA) is 63.2 Å². The Morgan fingerprint density at radius 3 is 2.57 bits per heavy atom. The zero-order valence-electron chi connectivity index (χ0n) is 11.9. The zero-order valence-corrected chi connectivity index (χ0v) is 12.8. The van der Waals surface area contributed by atoms with Gasteiger partial charge in [0.2, 0.25) is 10.0 Å². The highest BCUT2D eigenvalue weighted by Gasteiger charge is 2.46. The van der Waals surface area contributed by atoms with E-state index in [2.05, 4.69) is 4.72 Å². The first-order chi connectivity index (χ1) is 10.1. The maximum atomic E-state index is 12.1. The summed E-state index contributed by atoms with van der Waals surface area (Å²) in [5, 5.41) is 0. The highest BCUT2D eigenvalue weighted by molar-refractivity contribution is 7.89. The average molecular weight is 307 g/mol. The van der Waals surface area contributed by atoms with Crippen molar-refractivity contribution in [3.05, 3.63) is 30.3 Å². The van der Waals surface area contributed by atoms with E-state index in [1.54, 1.807) is 30.3 Å². The van der Waals surface area contributed by atoms with E-state index in [-0.39, 0.29) is 5.92 Å². The predicted octanol–water partition coefficient (Wildman–Crippen LogP) is 2.22. The van der Waals surface area contributed by atoms with Crippen molar-refractivity contribution in [1.29, 1.82) is 0 Å². The highest BCUT2D eigenvalue weighted by Crippen LogP contribution is 2.52. The second kappa shape index (κ2) is 5.89. The van der Waals surface area contributed by atoms with Crippen molar-refractivity contribution >= 4 is 16.3 Å². The molecular formula is C16H21NO3S. The maximum absolute atomic E-state index is 12.1. The lowest BCUT2D eigenvalue weighted by Gasteiger charge is -2.27. The number of hydrogen-bond acceptors (Lipinski definition) is 3. The molecular weight excluding hydrogens is 286 g/mol. The molecule has 0 aliphatic heterocycles. The number of carbonyl (C=O) groups is 1. The SMILES string of the molecule is O=CC1C2CCC(C2)C1CCNS(=O)(=O)c1ccccc1. The molecule has 5 heteroatoms. The van der Waals surface area contributed by atoms with Crippen molar-refractivity contribution in [1.82, 2.24) is 4.72 Å². The quantitative estimate of drug-likeness (QED) is 0.820. The Morgan fingerprint density at radius 1 is 1.14 bits per heavy atom. The fourth-order valence-corrected chi connectivity index (χ4v) is 5.21. The van der Waals surface area contributed by atoms with E-state index in [1.807, 2.05) is 0 Å². The number of fused-ring (bicyclic) bond motifs is 2. The number of rotatable bonds is 6. The van der Waals surface area contributed by atoms with Crippen molar-refractivity contribution < 1.29 is 13.2 Å². The van der Waals surface area contributed by atoms with Crippen molar-refractivity contribution in [2.75, 3.05) is 6.54 Å². The Kier molecular flexibility index (Phi) is 4.13. The number of carbonyl (C=O) groups excluding carboxylic acids is 1. The summed E-state index contributed by atoms with van der Waals surface area (Å²) in [5.74, 6) is 1.67. The van der Waals surface area contributed by atoms with Gasteiger partial charge in [0.25, 0.3) is 0 Å². The van der Waals surface area contributed by atoms with Crippen molar-refractivity contribution in [2.45, 2.75) is 30.6 Å². The molecule has 2 aliphatic carbocycles.